The molecule has 4 rings (SSSR count). The summed E-state index contributed by atoms with van der Waals surface area (Å²) in [7, 11) is 1.55. The summed E-state index contributed by atoms with van der Waals surface area (Å²) in [5.41, 5.74) is 0.809. The van der Waals surface area contributed by atoms with Crippen LogP contribution < -0.4 is 16.2 Å². The molecule has 0 bridgehead atoms. The molecule has 0 saturated heterocycles. The number of ether oxygens (including phenoxy) is 1. The number of anilines is 2. The van der Waals surface area contributed by atoms with Crippen molar-refractivity contribution in [3.63, 3.8) is 0 Å². The quantitative estimate of drug-likeness (QED) is 0.380. The van der Waals surface area contributed by atoms with Crippen LogP contribution in [0.1, 0.15) is 39.6 Å². The second-order valence-corrected chi connectivity index (χ2v) is 9.42. The molecule has 0 aliphatic carbocycles. The normalized spacial score (nSPS) is 12.0. The van der Waals surface area contributed by atoms with E-state index in [1.165, 1.54) is 22.2 Å². The maximum Gasteiger partial charge on any atom is 0.266 e. The number of hydrogen-bond acceptors (Lipinski definition) is 9. The van der Waals surface area contributed by atoms with E-state index in [0.29, 0.717) is 49.5 Å². The summed E-state index contributed by atoms with van der Waals surface area (Å²) >= 11 is 2.35. The minimum Gasteiger partial charge on any atom is -0.377 e. The lowest BCUT2D eigenvalue weighted by atomic mass is 10.1. The van der Waals surface area contributed by atoms with Crippen LogP contribution >= 0.6 is 22.7 Å². The topological polar surface area (TPSA) is 128 Å². The van der Waals surface area contributed by atoms with Crippen molar-refractivity contribution >= 4 is 55.5 Å². The number of para-hydroxylation sites is 1. The molecule has 0 fully saturated rings. The molecule has 1 aromatic carbocycles. The standard InChI is InChI=1S/C22H22N6O4S2/c1-4-14(18(29)25-22-27-26-15(33-22)10-32-3)28-11-23-20-16(21(28)31)12(2)17(34-20)19(30)24-13-8-6-5-7-9-13/h5-9,11,14H,4,10H2,1-3H3,(H,24,30)(H,25,27,29). The van der Waals surface area contributed by atoms with Gasteiger partial charge in [-0.05, 0) is 31.0 Å². The smallest absolute Gasteiger partial charge is 0.266 e. The fourth-order valence-corrected chi connectivity index (χ4v) is 5.22. The first kappa shape index (κ1) is 23.7. The Morgan fingerprint density at radius 2 is 1.91 bits per heavy atom. The van der Waals surface area contributed by atoms with Gasteiger partial charge in [0.15, 0.2) is 0 Å². The summed E-state index contributed by atoms with van der Waals surface area (Å²) in [4.78, 5) is 44.4. The van der Waals surface area contributed by atoms with Gasteiger partial charge in [0.05, 0.1) is 16.6 Å². The van der Waals surface area contributed by atoms with Crippen LogP contribution in [0, 0.1) is 6.92 Å². The van der Waals surface area contributed by atoms with Gasteiger partial charge in [-0.3, -0.25) is 24.3 Å². The Balaban J connectivity index is 1.62. The van der Waals surface area contributed by atoms with E-state index in [9.17, 15) is 14.4 Å². The zero-order valence-electron chi connectivity index (χ0n) is 18.7. The molecular formula is C22H22N6O4S2. The molecule has 34 heavy (non-hydrogen) atoms. The number of methoxy groups -OCH3 is 1. The van der Waals surface area contributed by atoms with E-state index in [2.05, 4.69) is 25.8 Å². The second kappa shape index (κ2) is 10.2. The van der Waals surface area contributed by atoms with Gasteiger partial charge in [-0.2, -0.15) is 0 Å². The molecule has 0 aliphatic rings. The van der Waals surface area contributed by atoms with Crippen LogP contribution in [-0.2, 0) is 16.1 Å². The highest BCUT2D eigenvalue weighted by Gasteiger charge is 2.25. The molecule has 0 saturated carbocycles. The number of hydrogen-bond donors (Lipinski definition) is 2. The number of aryl methyl sites for hydroxylation is 1. The Labute approximate surface area is 202 Å². The van der Waals surface area contributed by atoms with E-state index in [4.69, 9.17) is 4.74 Å². The third kappa shape index (κ3) is 4.74. The van der Waals surface area contributed by atoms with Crippen molar-refractivity contribution in [2.45, 2.75) is 32.9 Å². The molecule has 0 spiro atoms. The number of thiophene rings is 1. The Bertz CT molecular complexity index is 1400. The molecule has 0 radical (unpaired) electrons. The Hall–Kier alpha value is -3.48. The summed E-state index contributed by atoms with van der Waals surface area (Å²) < 4.78 is 6.32. The minimum absolute atomic E-state index is 0.294. The van der Waals surface area contributed by atoms with Crippen molar-refractivity contribution in [1.29, 1.82) is 0 Å². The van der Waals surface area contributed by atoms with Gasteiger partial charge in [0.1, 0.15) is 22.5 Å². The van der Waals surface area contributed by atoms with Crippen LogP contribution in [0.15, 0.2) is 41.5 Å². The van der Waals surface area contributed by atoms with Gasteiger partial charge in [-0.15, -0.1) is 21.5 Å². The van der Waals surface area contributed by atoms with Crippen LogP contribution in [0.2, 0.25) is 0 Å². The van der Waals surface area contributed by atoms with Crippen LogP contribution in [0.25, 0.3) is 10.2 Å². The molecule has 176 valence electrons. The highest BCUT2D eigenvalue weighted by Crippen LogP contribution is 2.28. The second-order valence-electron chi connectivity index (χ2n) is 7.36. The van der Waals surface area contributed by atoms with E-state index in [1.807, 2.05) is 18.2 Å². The molecule has 12 heteroatoms. The van der Waals surface area contributed by atoms with E-state index < -0.39 is 11.9 Å². The molecule has 4 aromatic rings. The summed E-state index contributed by atoms with van der Waals surface area (Å²) in [5.74, 6) is -0.716. The first-order valence-electron chi connectivity index (χ1n) is 10.4. The SMILES string of the molecule is CCC(C(=O)Nc1nnc(COC)s1)n1cnc2sc(C(=O)Nc3ccccc3)c(C)c2c1=O. The van der Waals surface area contributed by atoms with Crippen molar-refractivity contribution in [2.24, 2.45) is 0 Å². The number of amides is 2. The Kier molecular flexibility index (Phi) is 7.10. The lowest BCUT2D eigenvalue weighted by Crippen LogP contribution is -2.33. The van der Waals surface area contributed by atoms with Crippen LogP contribution in [-0.4, -0.2) is 38.7 Å². The molecule has 3 heterocycles. The number of fused-ring (bicyclic) bond motifs is 1. The predicted octanol–water partition coefficient (Wildman–Crippen LogP) is 3.61. The van der Waals surface area contributed by atoms with Gasteiger partial charge in [-0.1, -0.05) is 36.5 Å². The van der Waals surface area contributed by atoms with Gasteiger partial charge < -0.3 is 10.1 Å². The first-order valence-corrected chi connectivity index (χ1v) is 12.0. The van der Waals surface area contributed by atoms with Crippen LogP contribution in [0.5, 0.6) is 0 Å². The molecule has 1 atom stereocenters. The number of carbonyl (C=O) groups excluding carboxylic acids is 2. The van der Waals surface area contributed by atoms with Crippen LogP contribution in [0.4, 0.5) is 10.8 Å². The summed E-state index contributed by atoms with van der Waals surface area (Å²) in [6.45, 7) is 3.81. The zero-order valence-corrected chi connectivity index (χ0v) is 20.3. The average molecular weight is 499 g/mol. The van der Waals surface area contributed by atoms with Crippen molar-refractivity contribution in [3.8, 4) is 0 Å². The third-order valence-corrected chi connectivity index (χ3v) is 7.11. The number of nitrogens with one attached hydrogen (secondary N) is 2. The first-order chi connectivity index (χ1) is 16.4. The van der Waals surface area contributed by atoms with E-state index in [-0.39, 0.29) is 11.5 Å². The predicted molar refractivity (Wildman–Crippen MR) is 132 cm³/mol. The molecule has 3 aromatic heterocycles. The third-order valence-electron chi connectivity index (χ3n) is 5.10. The lowest BCUT2D eigenvalue weighted by Gasteiger charge is -2.16. The summed E-state index contributed by atoms with van der Waals surface area (Å²) in [5, 5.41) is 14.7. The minimum atomic E-state index is -0.805. The van der Waals surface area contributed by atoms with Crippen molar-refractivity contribution in [2.75, 3.05) is 17.7 Å². The highest BCUT2D eigenvalue weighted by molar-refractivity contribution is 7.20. The van der Waals surface area contributed by atoms with Gasteiger partial charge >= 0.3 is 0 Å². The van der Waals surface area contributed by atoms with Gasteiger partial charge in [0, 0.05) is 12.8 Å². The number of carbonyl (C=O) groups is 2. The molecule has 2 N–H and O–H groups in total. The lowest BCUT2D eigenvalue weighted by molar-refractivity contribution is -0.119. The molecule has 0 aliphatic heterocycles. The number of aromatic nitrogens is 4. The maximum atomic E-state index is 13.4. The monoisotopic (exact) mass is 498 g/mol. The molecular weight excluding hydrogens is 476 g/mol. The Morgan fingerprint density at radius 1 is 1.15 bits per heavy atom. The number of rotatable bonds is 8. The molecule has 10 nitrogen and oxygen atoms in total. The maximum absolute atomic E-state index is 13.4. The van der Waals surface area contributed by atoms with E-state index >= 15 is 0 Å². The highest BCUT2D eigenvalue weighted by atomic mass is 32.1. The largest absolute Gasteiger partial charge is 0.377 e. The van der Waals surface area contributed by atoms with Crippen molar-refractivity contribution < 1.29 is 14.3 Å². The average Bonchev–Trinajstić information content (AvgIpc) is 3.41. The van der Waals surface area contributed by atoms with Gasteiger partial charge in [-0.25, -0.2) is 4.98 Å². The number of nitrogens with zero attached hydrogens (tertiary/aromatic N) is 4. The van der Waals surface area contributed by atoms with Crippen LogP contribution in [0.3, 0.4) is 0 Å². The molecule has 2 amide bonds. The van der Waals surface area contributed by atoms with Gasteiger partial charge in [0.25, 0.3) is 11.5 Å². The van der Waals surface area contributed by atoms with E-state index in [0.717, 1.165) is 11.3 Å². The zero-order chi connectivity index (χ0) is 24.2. The summed E-state index contributed by atoms with van der Waals surface area (Å²) in [6, 6.07) is 8.27. The van der Waals surface area contributed by atoms with Crippen molar-refractivity contribution in [3.05, 3.63) is 62.5 Å². The van der Waals surface area contributed by atoms with Gasteiger partial charge in [0.2, 0.25) is 11.0 Å². The number of benzene rings is 1. The van der Waals surface area contributed by atoms with E-state index in [1.54, 1.807) is 33.1 Å². The molecule has 1 unspecified atom stereocenters. The Morgan fingerprint density at radius 3 is 2.62 bits per heavy atom. The fraction of sp³-hybridized carbons (Fsp3) is 0.273. The summed E-state index contributed by atoms with van der Waals surface area (Å²) in [6.07, 6.45) is 1.71. The fourth-order valence-electron chi connectivity index (χ4n) is 3.47. The van der Waals surface area contributed by atoms with Crippen molar-refractivity contribution in [1.82, 2.24) is 19.7 Å².